The molecule has 0 aliphatic rings. The van der Waals surface area contributed by atoms with Crippen LogP contribution in [-0.4, -0.2) is 33.2 Å². The maximum absolute atomic E-state index is 13.2. The topological polar surface area (TPSA) is 98.3 Å². The van der Waals surface area contributed by atoms with Crippen molar-refractivity contribution >= 4 is 28.7 Å². The Morgan fingerprint density at radius 3 is 2.42 bits per heavy atom. The largest absolute Gasteiger partial charge is 0.479 e. The number of benzene rings is 4. The number of oxime groups is 1. The zero-order valence-electron chi connectivity index (χ0n) is 23.9. The Bertz CT molecular complexity index is 1880. The van der Waals surface area contributed by atoms with Crippen LogP contribution in [0.15, 0.2) is 113 Å². The molecule has 1 N–H and O–H groups in total. The van der Waals surface area contributed by atoms with Crippen molar-refractivity contribution in [3.8, 4) is 22.1 Å². The summed E-state index contributed by atoms with van der Waals surface area (Å²) in [4.78, 5) is 21.1. The quantitative estimate of drug-likeness (QED) is 0.119. The molecule has 0 bridgehead atoms. The Morgan fingerprint density at radius 1 is 0.933 bits per heavy atom. The summed E-state index contributed by atoms with van der Waals surface area (Å²) in [6.07, 6.45) is -3.77. The summed E-state index contributed by atoms with van der Waals surface area (Å²) in [7, 11) is 0. The lowest BCUT2D eigenvalue weighted by Gasteiger charge is -2.10. The van der Waals surface area contributed by atoms with Gasteiger partial charge in [-0.2, -0.15) is 18.3 Å². The number of nitrogens with zero attached hydrogens (tertiary/aromatic N) is 4. The second kappa shape index (κ2) is 14.0. The number of aromatic nitrogens is 2. The van der Waals surface area contributed by atoms with Crippen LogP contribution in [0.1, 0.15) is 23.6 Å². The summed E-state index contributed by atoms with van der Waals surface area (Å²) in [5.74, 6) is -0.685. The number of alkyl halides is 3. The molecule has 0 aliphatic carbocycles. The van der Waals surface area contributed by atoms with E-state index in [0.717, 1.165) is 17.7 Å². The average Bonchev–Trinajstić information content (AvgIpc) is 3.42. The zero-order chi connectivity index (χ0) is 31.8. The first kappa shape index (κ1) is 31.2. The average molecular weight is 633 g/mol. The van der Waals surface area contributed by atoms with Crippen LogP contribution in [0.5, 0.6) is 11.5 Å². The lowest BCUT2D eigenvalue weighted by molar-refractivity contribution is -0.142. The highest BCUT2D eigenvalue weighted by Gasteiger charge is 2.30. The third-order valence-electron chi connectivity index (χ3n) is 6.43. The first-order valence-electron chi connectivity index (χ1n) is 13.7. The fourth-order valence-electron chi connectivity index (χ4n) is 4.25. The molecule has 0 fully saturated rings. The van der Waals surface area contributed by atoms with Gasteiger partial charge in [-0.25, -0.2) is 14.5 Å². The summed E-state index contributed by atoms with van der Waals surface area (Å²) in [5.41, 5.74) is 2.89. The second-order valence-corrected chi connectivity index (χ2v) is 10.8. The highest BCUT2D eigenvalue weighted by molar-refractivity contribution is 7.12. The minimum atomic E-state index is -4.48. The van der Waals surface area contributed by atoms with Crippen molar-refractivity contribution in [3.63, 3.8) is 0 Å². The number of hydrogen-bond donors (Lipinski definition) is 1. The number of halogens is 3. The van der Waals surface area contributed by atoms with Crippen molar-refractivity contribution in [1.29, 1.82) is 0 Å². The van der Waals surface area contributed by atoms with Crippen LogP contribution in [0.2, 0.25) is 0 Å². The standard InChI is InChI=1S/C33H27F3N4O4S/c1-22(39-43-21-30(41)42)24-10-5-13-27(18-24)37-32-40(17-16-23-8-3-2-4-9-23)38-31(45-32)25-11-6-14-28(19-25)44-29-15-7-12-26(20-29)33(34,35)36/h2-15,18-20H,16-17,21H2,1H3,(H,41,42)/b37-32?,39-22+. The molecule has 0 saturated carbocycles. The van der Waals surface area contributed by atoms with Crippen LogP contribution in [-0.2, 0) is 28.8 Å². The maximum atomic E-state index is 13.2. The molecule has 0 radical (unpaired) electrons. The molecule has 0 amide bonds. The van der Waals surface area contributed by atoms with Crippen LogP contribution >= 0.6 is 11.3 Å². The van der Waals surface area contributed by atoms with E-state index in [2.05, 4.69) is 5.16 Å². The van der Waals surface area contributed by atoms with Gasteiger partial charge in [0.2, 0.25) is 11.4 Å². The first-order valence-corrected chi connectivity index (χ1v) is 14.6. The van der Waals surface area contributed by atoms with Crippen LogP contribution < -0.4 is 9.54 Å². The molecule has 1 heterocycles. The Hall–Kier alpha value is -5.23. The van der Waals surface area contributed by atoms with Crippen molar-refractivity contribution in [3.05, 3.63) is 125 Å². The van der Waals surface area contributed by atoms with E-state index in [1.54, 1.807) is 25.1 Å². The third-order valence-corrected chi connectivity index (χ3v) is 7.43. The molecule has 5 rings (SSSR count). The number of aliphatic carboxylic acids is 1. The highest BCUT2D eigenvalue weighted by Crippen LogP contribution is 2.33. The van der Waals surface area contributed by atoms with E-state index in [-0.39, 0.29) is 5.75 Å². The highest BCUT2D eigenvalue weighted by atomic mass is 32.1. The predicted octanol–water partition coefficient (Wildman–Crippen LogP) is 7.72. The Kier molecular flexibility index (Phi) is 9.73. The van der Waals surface area contributed by atoms with Gasteiger partial charge in [-0.3, -0.25) is 0 Å². The fourth-order valence-corrected chi connectivity index (χ4v) is 5.19. The number of hydrogen-bond acceptors (Lipinski definition) is 7. The van der Waals surface area contributed by atoms with Crippen molar-refractivity contribution in [2.24, 2.45) is 10.1 Å². The molecule has 0 saturated heterocycles. The molecule has 4 aromatic carbocycles. The van der Waals surface area contributed by atoms with Crippen molar-refractivity contribution in [2.45, 2.75) is 26.1 Å². The van der Waals surface area contributed by atoms with Gasteiger partial charge in [0.25, 0.3) is 0 Å². The summed E-state index contributed by atoms with van der Waals surface area (Å²) < 4.78 is 47.2. The van der Waals surface area contributed by atoms with Crippen molar-refractivity contribution in [2.75, 3.05) is 6.61 Å². The van der Waals surface area contributed by atoms with Gasteiger partial charge >= 0.3 is 12.1 Å². The summed E-state index contributed by atoms with van der Waals surface area (Å²) in [6.45, 7) is 1.71. The SMILES string of the molecule is C/C(=N\OCC(=O)O)c1cccc(N=c2sc(-c3cccc(Oc4cccc(C(F)(F)F)c4)c3)nn2CCc2ccccc2)c1. The monoisotopic (exact) mass is 632 g/mol. The Balaban J connectivity index is 1.46. The molecular formula is C33H27F3N4O4S. The van der Waals surface area contributed by atoms with Gasteiger partial charge in [0, 0.05) is 17.7 Å². The summed E-state index contributed by atoms with van der Waals surface area (Å²) >= 11 is 1.36. The van der Waals surface area contributed by atoms with Gasteiger partial charge in [-0.15, -0.1) is 0 Å². The molecule has 1 aromatic heterocycles. The number of carbonyl (C=O) groups is 1. The maximum Gasteiger partial charge on any atom is 0.416 e. The smallest absolute Gasteiger partial charge is 0.416 e. The van der Waals surface area contributed by atoms with E-state index in [0.29, 0.717) is 51.1 Å². The van der Waals surface area contributed by atoms with Crippen LogP contribution in [0, 0.1) is 0 Å². The Morgan fingerprint density at radius 2 is 1.67 bits per heavy atom. The number of ether oxygens (including phenoxy) is 1. The zero-order valence-corrected chi connectivity index (χ0v) is 24.8. The lowest BCUT2D eigenvalue weighted by Crippen LogP contribution is -2.17. The van der Waals surface area contributed by atoms with Crippen LogP contribution in [0.25, 0.3) is 10.6 Å². The first-order chi connectivity index (χ1) is 21.6. The minimum absolute atomic E-state index is 0.0711. The molecule has 45 heavy (non-hydrogen) atoms. The van der Waals surface area contributed by atoms with Crippen LogP contribution in [0.3, 0.4) is 0 Å². The van der Waals surface area contributed by atoms with E-state index >= 15 is 0 Å². The van der Waals surface area contributed by atoms with E-state index in [9.17, 15) is 18.0 Å². The molecule has 0 spiro atoms. The molecule has 230 valence electrons. The van der Waals surface area contributed by atoms with Crippen molar-refractivity contribution in [1.82, 2.24) is 9.78 Å². The number of aryl methyl sites for hydroxylation is 2. The molecule has 12 heteroatoms. The van der Waals surface area contributed by atoms with E-state index in [4.69, 9.17) is 24.8 Å². The lowest BCUT2D eigenvalue weighted by atomic mass is 10.1. The summed E-state index contributed by atoms with van der Waals surface area (Å²) in [6, 6.07) is 29.0. The number of carboxylic acids is 1. The van der Waals surface area contributed by atoms with Gasteiger partial charge in [0.05, 0.1) is 17.0 Å². The summed E-state index contributed by atoms with van der Waals surface area (Å²) in [5, 5.41) is 18.1. The van der Waals surface area contributed by atoms with E-state index in [1.807, 2.05) is 65.3 Å². The normalized spacial score (nSPS) is 12.3. The van der Waals surface area contributed by atoms with Gasteiger partial charge < -0.3 is 14.7 Å². The number of carboxylic acid groups (broad SMARTS) is 1. The van der Waals surface area contributed by atoms with Gasteiger partial charge in [-0.1, -0.05) is 77.2 Å². The fraction of sp³-hybridized carbons (Fsp3) is 0.152. The molecule has 5 aromatic rings. The minimum Gasteiger partial charge on any atom is -0.479 e. The van der Waals surface area contributed by atoms with Gasteiger partial charge in [-0.05, 0) is 61.4 Å². The van der Waals surface area contributed by atoms with E-state index < -0.39 is 24.3 Å². The molecular weight excluding hydrogens is 605 g/mol. The Labute approximate surface area is 260 Å². The van der Waals surface area contributed by atoms with Gasteiger partial charge in [0.1, 0.15) is 16.5 Å². The number of rotatable bonds is 11. The van der Waals surface area contributed by atoms with E-state index in [1.165, 1.54) is 23.5 Å². The molecule has 0 atom stereocenters. The molecule has 8 nitrogen and oxygen atoms in total. The van der Waals surface area contributed by atoms with Gasteiger partial charge in [0.15, 0.2) is 0 Å². The molecule has 0 unspecified atom stereocenters. The van der Waals surface area contributed by atoms with Crippen LogP contribution in [0.4, 0.5) is 18.9 Å². The third kappa shape index (κ3) is 8.67. The second-order valence-electron chi connectivity index (χ2n) is 9.81. The molecule has 0 aliphatic heterocycles. The van der Waals surface area contributed by atoms with Crippen molar-refractivity contribution < 1.29 is 32.6 Å². The predicted molar refractivity (Wildman–Crippen MR) is 165 cm³/mol.